The third-order valence-corrected chi connectivity index (χ3v) is 14.6. The lowest BCUT2D eigenvalue weighted by atomic mass is 10.1. The van der Waals surface area contributed by atoms with Crippen molar-refractivity contribution in [2.24, 2.45) is 0 Å². The average molecular weight is 1140 g/mol. The molecule has 10 N–H and O–H groups in total. The topological polar surface area (TPSA) is 316 Å². The predicted octanol–water partition coefficient (Wildman–Crippen LogP) is 11.3. The Hall–Kier alpha value is -9.43. The molecule has 0 saturated carbocycles. The number of nitro groups is 1. The van der Waals surface area contributed by atoms with Gasteiger partial charge in [-0.2, -0.15) is 15.1 Å². The number of ether oxygens (including phenoxy) is 1. The molecule has 0 unspecified atom stereocenters. The van der Waals surface area contributed by atoms with Crippen LogP contribution in [0.25, 0.3) is 0 Å². The minimum absolute atomic E-state index is 0.0741. The zero-order chi connectivity index (χ0) is 56.1. The number of benzene rings is 7. The van der Waals surface area contributed by atoms with E-state index in [2.05, 4.69) is 73.6 Å². The van der Waals surface area contributed by atoms with Gasteiger partial charge in [0.1, 0.15) is 12.1 Å². The quantitative estimate of drug-likeness (QED) is 0.0212. The smallest absolute Gasteiger partial charge is 0.271 e. The van der Waals surface area contributed by atoms with E-state index in [-0.39, 0.29) is 29.4 Å². The van der Waals surface area contributed by atoms with Gasteiger partial charge in [0.05, 0.1) is 17.7 Å². The Bertz CT molecular complexity index is 3660. The van der Waals surface area contributed by atoms with Crippen molar-refractivity contribution < 1.29 is 24.0 Å². The van der Waals surface area contributed by atoms with Crippen molar-refractivity contribution in [1.29, 1.82) is 0 Å². The Morgan fingerprint density at radius 2 is 1.07 bits per heavy atom. The Labute approximate surface area is 474 Å². The minimum atomic E-state index is -0.503. The Morgan fingerprint density at radius 3 is 1.60 bits per heavy atom. The normalized spacial score (nSPS) is 10.5. The average Bonchev–Trinajstić information content (AvgIpc) is 4.28. The van der Waals surface area contributed by atoms with Crippen molar-refractivity contribution in [1.82, 2.24) is 45.5 Å². The van der Waals surface area contributed by atoms with E-state index >= 15 is 0 Å². The number of nitrogens with zero attached hydrogens (tertiary/aromatic N) is 7. The number of anilines is 5. The standard InChI is InChI=1S/C22H19N5OS2.C17H17N5O2S.C16H13N5O3S/c23-21-25-22(27-26-21)29-14-15-5-4-6-16(13-15)20(28)24-17-9-11-19(12-10-17)30-18-7-2-1-3-8-18;1-24-14-8-3-2-7-13(14)19-15(23)12-6-4-5-11(9-12)10-25-17-20-16(18)21-22-17;22-15(19-13-5-2-6-14(8-13)21(23)24)12-4-1-3-11(7-12)9-25-16-17-10-18-20-16/h1-13H,14H2,(H,24,28)(H3,23,25,26,27);2-9H,10H2,1H3,(H,19,23)(H3,18,20,21,22);1-8,10H,9H2,(H,19,22)(H,17,18,20). The second-order valence-corrected chi connectivity index (χ2v) is 20.6. The monoisotopic (exact) mass is 1140 g/mol. The van der Waals surface area contributed by atoms with Crippen LogP contribution in [0.4, 0.5) is 34.6 Å². The van der Waals surface area contributed by atoms with Crippen LogP contribution in [0.5, 0.6) is 5.75 Å². The second kappa shape index (κ2) is 28.8. The molecule has 10 rings (SSSR count). The van der Waals surface area contributed by atoms with Crippen molar-refractivity contribution in [3.05, 3.63) is 226 Å². The van der Waals surface area contributed by atoms with E-state index in [1.54, 1.807) is 67.4 Å². The summed E-state index contributed by atoms with van der Waals surface area (Å²) in [6, 6.07) is 53.2. The van der Waals surface area contributed by atoms with E-state index < -0.39 is 4.92 Å². The molecule has 0 radical (unpaired) electrons. The zero-order valence-electron chi connectivity index (χ0n) is 42.3. The van der Waals surface area contributed by atoms with E-state index in [9.17, 15) is 24.5 Å². The molecule has 3 aromatic heterocycles. The van der Waals surface area contributed by atoms with Crippen LogP contribution in [-0.4, -0.2) is 75.3 Å². The van der Waals surface area contributed by atoms with Gasteiger partial charge in [-0.1, -0.05) is 120 Å². The van der Waals surface area contributed by atoms with Gasteiger partial charge >= 0.3 is 0 Å². The van der Waals surface area contributed by atoms with Gasteiger partial charge in [-0.25, -0.2) is 15.2 Å². The van der Waals surface area contributed by atoms with Crippen LogP contribution in [-0.2, 0) is 17.3 Å². The number of para-hydroxylation sites is 2. The van der Waals surface area contributed by atoms with Crippen molar-refractivity contribution in [2.75, 3.05) is 34.5 Å². The molecule has 3 heterocycles. The number of nitrogen functional groups attached to an aromatic ring is 2. The molecule has 25 heteroatoms. The summed E-state index contributed by atoms with van der Waals surface area (Å²) in [6.07, 6.45) is 1.44. The number of non-ortho nitro benzene ring substituents is 1. The number of hydrogen-bond donors (Lipinski definition) is 8. The molecule has 3 amide bonds. The maximum absolute atomic E-state index is 12.7. The fourth-order valence-electron chi connectivity index (χ4n) is 7.04. The summed E-state index contributed by atoms with van der Waals surface area (Å²) in [5.74, 6) is 2.43. The lowest BCUT2D eigenvalue weighted by molar-refractivity contribution is -0.384. The lowest BCUT2D eigenvalue weighted by Gasteiger charge is -2.10. The summed E-state index contributed by atoms with van der Waals surface area (Å²) in [5.41, 5.74) is 17.3. The van der Waals surface area contributed by atoms with Gasteiger partial charge in [0.15, 0.2) is 5.16 Å². The number of aromatic nitrogens is 9. The largest absolute Gasteiger partial charge is 0.495 e. The molecule has 0 fully saturated rings. The second-order valence-electron chi connectivity index (χ2n) is 16.6. The number of H-pyrrole nitrogens is 3. The van der Waals surface area contributed by atoms with E-state index in [1.165, 1.54) is 64.7 Å². The van der Waals surface area contributed by atoms with Crippen LogP contribution < -0.4 is 32.2 Å². The first-order valence-electron chi connectivity index (χ1n) is 23.9. The van der Waals surface area contributed by atoms with Crippen LogP contribution in [0.15, 0.2) is 208 Å². The van der Waals surface area contributed by atoms with Crippen LogP contribution in [0.2, 0.25) is 0 Å². The van der Waals surface area contributed by atoms with Gasteiger partial charge < -0.3 is 32.2 Å². The number of carbonyl (C=O) groups is 3. The fraction of sp³-hybridized carbons (Fsp3) is 0.0727. The first kappa shape index (κ1) is 56.8. The number of amides is 3. The van der Waals surface area contributed by atoms with Crippen molar-refractivity contribution in [2.45, 2.75) is 42.5 Å². The van der Waals surface area contributed by atoms with Crippen LogP contribution >= 0.6 is 47.0 Å². The van der Waals surface area contributed by atoms with Crippen LogP contribution in [0.3, 0.4) is 0 Å². The van der Waals surface area contributed by atoms with Gasteiger partial charge in [-0.3, -0.25) is 29.6 Å². The van der Waals surface area contributed by atoms with E-state index in [0.29, 0.717) is 72.5 Å². The van der Waals surface area contributed by atoms with E-state index in [1.807, 2.05) is 97.1 Å². The lowest BCUT2D eigenvalue weighted by Crippen LogP contribution is -2.12. The molecule has 404 valence electrons. The van der Waals surface area contributed by atoms with Crippen molar-refractivity contribution in [3.63, 3.8) is 0 Å². The van der Waals surface area contributed by atoms with Gasteiger partial charge in [0.2, 0.25) is 22.2 Å². The highest BCUT2D eigenvalue weighted by Gasteiger charge is 2.14. The fourth-order valence-corrected chi connectivity index (χ4v) is 10.1. The predicted molar refractivity (Wildman–Crippen MR) is 313 cm³/mol. The number of nitro benzene ring substituents is 1. The number of methoxy groups -OCH3 is 1. The molecule has 0 spiro atoms. The molecular formula is C55H49N15O6S4. The van der Waals surface area contributed by atoms with E-state index in [0.717, 1.165) is 27.3 Å². The van der Waals surface area contributed by atoms with Crippen LogP contribution in [0, 0.1) is 10.1 Å². The molecule has 0 atom stereocenters. The molecule has 0 aliphatic carbocycles. The number of carbonyl (C=O) groups excluding carboxylic acids is 3. The third-order valence-electron chi connectivity index (χ3n) is 10.8. The first-order chi connectivity index (χ1) is 38.9. The zero-order valence-corrected chi connectivity index (χ0v) is 45.6. The Kier molecular flexibility index (Phi) is 20.4. The summed E-state index contributed by atoms with van der Waals surface area (Å²) in [5, 5.41) is 40.9. The van der Waals surface area contributed by atoms with Gasteiger partial charge in [-0.15, -0.1) is 10.2 Å². The molecular weight excluding hydrogens is 1090 g/mol. The molecule has 0 aliphatic rings. The maximum atomic E-state index is 12.7. The molecule has 80 heavy (non-hydrogen) atoms. The molecule has 0 aliphatic heterocycles. The number of aromatic amines is 3. The number of nitrogens with one attached hydrogen (secondary N) is 6. The summed E-state index contributed by atoms with van der Waals surface area (Å²) in [4.78, 5) is 62.2. The van der Waals surface area contributed by atoms with Crippen molar-refractivity contribution >= 4 is 99.4 Å². The highest BCUT2D eigenvalue weighted by atomic mass is 32.2. The molecule has 7 aromatic carbocycles. The minimum Gasteiger partial charge on any atom is -0.495 e. The van der Waals surface area contributed by atoms with Crippen LogP contribution in [0.1, 0.15) is 47.8 Å². The van der Waals surface area contributed by atoms with E-state index in [4.69, 9.17) is 16.2 Å². The van der Waals surface area contributed by atoms with Crippen molar-refractivity contribution in [3.8, 4) is 5.75 Å². The summed E-state index contributed by atoms with van der Waals surface area (Å²) in [6.45, 7) is 0. The number of nitrogens with two attached hydrogens (primary N) is 2. The molecule has 21 nitrogen and oxygen atoms in total. The highest BCUT2D eigenvalue weighted by molar-refractivity contribution is 7.99. The Balaban J connectivity index is 0.000000159. The highest BCUT2D eigenvalue weighted by Crippen LogP contribution is 2.29. The number of thioether (sulfide) groups is 3. The summed E-state index contributed by atoms with van der Waals surface area (Å²) < 4.78 is 5.25. The van der Waals surface area contributed by atoms with Gasteiger partial charge in [0, 0.05) is 67.2 Å². The molecule has 0 saturated heterocycles. The van der Waals surface area contributed by atoms with Gasteiger partial charge in [-0.05, 0) is 108 Å². The summed E-state index contributed by atoms with van der Waals surface area (Å²) in [7, 11) is 1.57. The number of hydrogen-bond acceptors (Lipinski definition) is 18. The molecule has 10 aromatic rings. The summed E-state index contributed by atoms with van der Waals surface area (Å²) >= 11 is 6.05. The third kappa shape index (κ3) is 17.5. The molecule has 0 bridgehead atoms. The maximum Gasteiger partial charge on any atom is 0.271 e. The SMILES string of the molecule is COc1ccccc1NC(=O)c1cccc(CSc2n[nH]c(N)n2)c1.Nc1nc(SCc2cccc(C(=O)Nc3ccc(Sc4ccccc4)cc3)c2)n[nH]1.O=C(Nc1cccc([N+](=O)[O-])c1)c1cccc(CSc2ncn[nH]2)c1. The van der Waals surface area contributed by atoms with Gasteiger partial charge in [0.25, 0.3) is 23.4 Å². The number of rotatable bonds is 19. The Morgan fingerprint density at radius 1 is 0.562 bits per heavy atom. The first-order valence-corrected chi connectivity index (χ1v) is 27.7.